The molecule has 1 aliphatic heterocycles. The Morgan fingerprint density at radius 2 is 1.70 bits per heavy atom. The van der Waals surface area contributed by atoms with Gasteiger partial charge in [0.15, 0.2) is 0 Å². The molecule has 0 radical (unpaired) electrons. The first-order chi connectivity index (χ1) is 18.2. The van der Waals surface area contributed by atoms with E-state index in [9.17, 15) is 4.79 Å². The number of fused-ring (bicyclic) bond motifs is 2. The van der Waals surface area contributed by atoms with Gasteiger partial charge in [-0.25, -0.2) is 5.01 Å². The van der Waals surface area contributed by atoms with Crippen molar-refractivity contribution in [2.75, 3.05) is 12.9 Å². The predicted octanol–water partition coefficient (Wildman–Crippen LogP) is 6.87. The number of amides is 1. The van der Waals surface area contributed by atoms with Crippen LogP contribution in [-0.4, -0.2) is 34.5 Å². The lowest BCUT2D eigenvalue weighted by molar-refractivity contribution is -0.130. The summed E-state index contributed by atoms with van der Waals surface area (Å²) in [6, 6.07) is 32.4. The fourth-order valence-corrected chi connectivity index (χ4v) is 5.66. The van der Waals surface area contributed by atoms with Crippen molar-refractivity contribution in [1.29, 1.82) is 0 Å². The number of carbonyl (C=O) groups is 1. The summed E-state index contributed by atoms with van der Waals surface area (Å²) in [7, 11) is 1.65. The Balaban J connectivity index is 1.30. The van der Waals surface area contributed by atoms with Crippen LogP contribution >= 0.6 is 11.8 Å². The Morgan fingerprint density at radius 1 is 0.919 bits per heavy atom. The number of rotatable bonds is 6. The van der Waals surface area contributed by atoms with Crippen LogP contribution in [0.1, 0.15) is 23.6 Å². The summed E-state index contributed by atoms with van der Waals surface area (Å²) in [5.74, 6) is 1.03. The summed E-state index contributed by atoms with van der Waals surface area (Å²) in [5, 5.41) is 9.95. The molecule has 182 valence electrons. The van der Waals surface area contributed by atoms with Gasteiger partial charge >= 0.3 is 0 Å². The lowest BCUT2D eigenvalue weighted by atomic mass is 9.97. The maximum Gasteiger partial charge on any atom is 0.253 e. The topological polar surface area (TPSA) is 54.8 Å². The van der Waals surface area contributed by atoms with E-state index >= 15 is 0 Å². The maximum atomic E-state index is 13.6. The number of methoxy groups -OCH3 is 1. The molecule has 0 saturated carbocycles. The van der Waals surface area contributed by atoms with Crippen LogP contribution in [0.15, 0.2) is 113 Å². The van der Waals surface area contributed by atoms with Crippen molar-refractivity contribution in [1.82, 2.24) is 9.99 Å². The fraction of sp³-hybridized carbons (Fsp3) is 0.129. The maximum absolute atomic E-state index is 13.6. The highest BCUT2D eigenvalue weighted by Crippen LogP contribution is 2.35. The molecule has 0 aliphatic carbocycles. The van der Waals surface area contributed by atoms with Crippen LogP contribution in [0.25, 0.3) is 21.7 Å². The van der Waals surface area contributed by atoms with E-state index < -0.39 is 0 Å². The van der Waals surface area contributed by atoms with Gasteiger partial charge < -0.3 is 4.74 Å². The van der Waals surface area contributed by atoms with Crippen molar-refractivity contribution in [2.45, 2.75) is 17.4 Å². The molecule has 0 bridgehead atoms. The van der Waals surface area contributed by atoms with Crippen LogP contribution in [0, 0.1) is 0 Å². The Kier molecular flexibility index (Phi) is 6.33. The molecular weight excluding hydrogens is 478 g/mol. The monoisotopic (exact) mass is 503 g/mol. The average molecular weight is 504 g/mol. The summed E-state index contributed by atoms with van der Waals surface area (Å²) < 4.78 is 5.34. The van der Waals surface area contributed by atoms with Crippen molar-refractivity contribution in [3.63, 3.8) is 0 Å². The lowest BCUT2D eigenvalue weighted by Crippen LogP contribution is -2.28. The Hall–Kier alpha value is -4.16. The molecule has 4 aromatic carbocycles. The highest BCUT2D eigenvalue weighted by atomic mass is 32.2. The van der Waals surface area contributed by atoms with Crippen molar-refractivity contribution in [2.24, 2.45) is 5.10 Å². The number of ether oxygens (including phenoxy) is 1. The van der Waals surface area contributed by atoms with E-state index in [0.29, 0.717) is 6.42 Å². The van der Waals surface area contributed by atoms with E-state index in [2.05, 4.69) is 35.3 Å². The van der Waals surface area contributed by atoms with Crippen molar-refractivity contribution >= 4 is 45.1 Å². The van der Waals surface area contributed by atoms with Gasteiger partial charge in [0.2, 0.25) is 0 Å². The summed E-state index contributed by atoms with van der Waals surface area (Å²) in [6.45, 7) is 0. The number of hydrogen-bond donors (Lipinski definition) is 0. The second-order valence-electron chi connectivity index (χ2n) is 8.96. The first-order valence-electron chi connectivity index (χ1n) is 12.2. The lowest BCUT2D eigenvalue weighted by Gasteiger charge is -2.22. The first-order valence-corrected chi connectivity index (χ1v) is 13.2. The minimum atomic E-state index is -0.175. The highest BCUT2D eigenvalue weighted by molar-refractivity contribution is 8.00. The van der Waals surface area contributed by atoms with E-state index in [1.165, 1.54) is 17.1 Å². The quantitative estimate of drug-likeness (QED) is 0.237. The predicted molar refractivity (Wildman–Crippen MR) is 150 cm³/mol. The molecule has 2 heterocycles. The number of carbonyl (C=O) groups excluding carboxylic acids is 1. The summed E-state index contributed by atoms with van der Waals surface area (Å²) >= 11 is 1.50. The van der Waals surface area contributed by atoms with Gasteiger partial charge in [-0.2, -0.15) is 5.10 Å². The molecule has 5 nitrogen and oxygen atoms in total. The molecule has 6 rings (SSSR count). The van der Waals surface area contributed by atoms with E-state index in [4.69, 9.17) is 9.84 Å². The number of hydrazone groups is 1. The van der Waals surface area contributed by atoms with Crippen molar-refractivity contribution in [3.8, 4) is 5.75 Å². The minimum Gasteiger partial charge on any atom is -0.497 e. The van der Waals surface area contributed by atoms with Gasteiger partial charge in [-0.1, -0.05) is 66.7 Å². The Bertz CT molecular complexity index is 1630. The molecule has 0 N–H and O–H groups in total. The van der Waals surface area contributed by atoms with Crippen LogP contribution in [0.4, 0.5) is 0 Å². The second kappa shape index (κ2) is 10.1. The number of benzene rings is 4. The van der Waals surface area contributed by atoms with Crippen LogP contribution in [0.2, 0.25) is 0 Å². The minimum absolute atomic E-state index is 0.0328. The standard InChI is InChI=1S/C31H25N3O2S/c1-36-26-15-13-22(14-16-26)28-19-27(25-12-11-21-6-2-3-7-24(21)18-25)33-34(28)30(35)20-37-29-10-4-8-23-9-5-17-32-31(23)29/h2-18,28H,19-20H2,1H3. The summed E-state index contributed by atoms with van der Waals surface area (Å²) in [4.78, 5) is 19.1. The fourth-order valence-electron chi connectivity index (χ4n) is 4.77. The van der Waals surface area contributed by atoms with Gasteiger partial charge in [0.25, 0.3) is 5.91 Å². The smallest absolute Gasteiger partial charge is 0.253 e. The van der Waals surface area contributed by atoms with Gasteiger partial charge in [0.05, 0.1) is 30.1 Å². The summed E-state index contributed by atoms with van der Waals surface area (Å²) in [6.07, 6.45) is 2.44. The van der Waals surface area contributed by atoms with Crippen LogP contribution < -0.4 is 4.74 Å². The third-order valence-corrected chi connectivity index (χ3v) is 7.73. The number of para-hydroxylation sites is 1. The zero-order chi connectivity index (χ0) is 25.2. The number of hydrogen-bond acceptors (Lipinski definition) is 5. The van der Waals surface area contributed by atoms with E-state index in [0.717, 1.165) is 43.8 Å². The first kappa shape index (κ1) is 23.3. The molecule has 1 amide bonds. The second-order valence-corrected chi connectivity index (χ2v) is 9.98. The molecule has 37 heavy (non-hydrogen) atoms. The van der Waals surface area contributed by atoms with Gasteiger partial charge in [-0.3, -0.25) is 9.78 Å². The molecular formula is C31H25N3O2S. The zero-order valence-corrected chi connectivity index (χ0v) is 21.2. The molecule has 0 fully saturated rings. The van der Waals surface area contributed by atoms with E-state index in [1.54, 1.807) is 18.3 Å². The third-order valence-electron chi connectivity index (χ3n) is 6.70. The van der Waals surface area contributed by atoms with Crippen molar-refractivity contribution in [3.05, 3.63) is 114 Å². The number of thioether (sulfide) groups is 1. The van der Waals surface area contributed by atoms with Gasteiger partial charge in [0.1, 0.15) is 5.75 Å². The Morgan fingerprint density at radius 3 is 2.54 bits per heavy atom. The normalized spacial score (nSPS) is 15.2. The number of nitrogens with zero attached hydrogens (tertiary/aromatic N) is 3. The van der Waals surface area contributed by atoms with E-state index in [-0.39, 0.29) is 17.7 Å². The number of pyridine rings is 1. The average Bonchev–Trinajstić information content (AvgIpc) is 3.41. The molecule has 0 saturated heterocycles. The zero-order valence-electron chi connectivity index (χ0n) is 20.4. The van der Waals surface area contributed by atoms with Gasteiger partial charge in [-0.15, -0.1) is 11.8 Å². The molecule has 1 aliphatic rings. The van der Waals surface area contributed by atoms with Gasteiger partial charge in [0, 0.05) is 22.9 Å². The molecule has 0 spiro atoms. The SMILES string of the molecule is COc1ccc(C2CC(c3ccc4ccccc4c3)=NN2C(=O)CSc2cccc3cccnc23)cc1. The van der Waals surface area contributed by atoms with Crippen molar-refractivity contribution < 1.29 is 9.53 Å². The highest BCUT2D eigenvalue weighted by Gasteiger charge is 2.33. The Labute approximate surface area is 219 Å². The van der Waals surface area contributed by atoms with Crippen LogP contribution in [-0.2, 0) is 4.79 Å². The van der Waals surface area contributed by atoms with Crippen LogP contribution in [0.3, 0.4) is 0 Å². The molecule has 5 aromatic rings. The third kappa shape index (κ3) is 4.68. The van der Waals surface area contributed by atoms with E-state index in [1.807, 2.05) is 66.7 Å². The molecule has 6 heteroatoms. The molecule has 1 aromatic heterocycles. The number of aromatic nitrogens is 1. The summed E-state index contributed by atoms with van der Waals surface area (Å²) in [5.41, 5.74) is 3.90. The van der Waals surface area contributed by atoms with Crippen LogP contribution in [0.5, 0.6) is 5.75 Å². The largest absolute Gasteiger partial charge is 0.497 e. The molecule has 1 unspecified atom stereocenters. The molecule has 1 atom stereocenters. The van der Waals surface area contributed by atoms with Gasteiger partial charge in [-0.05, 0) is 52.2 Å².